The predicted molar refractivity (Wildman–Crippen MR) is 75.2 cm³/mol. The van der Waals surface area contributed by atoms with Gasteiger partial charge in [-0.3, -0.25) is 9.20 Å². The van der Waals surface area contributed by atoms with Gasteiger partial charge in [-0.05, 0) is 0 Å². The van der Waals surface area contributed by atoms with Crippen LogP contribution in [0.4, 0.5) is 0 Å². The Labute approximate surface area is 113 Å². The van der Waals surface area contributed by atoms with E-state index in [1.165, 1.54) is 39.8 Å². The van der Waals surface area contributed by atoms with Crippen LogP contribution in [0.5, 0.6) is 0 Å². The van der Waals surface area contributed by atoms with E-state index in [1.807, 2.05) is 5.38 Å². The predicted octanol–water partition coefficient (Wildman–Crippen LogP) is 1.03. The minimum absolute atomic E-state index is 0.0973. The van der Waals surface area contributed by atoms with E-state index in [-0.39, 0.29) is 11.3 Å². The lowest BCUT2D eigenvalue weighted by Gasteiger charge is -2.01. The number of nitrogens with zero attached hydrogens (tertiary/aromatic N) is 2. The Hall–Kier alpha value is -0.860. The van der Waals surface area contributed by atoms with Crippen molar-refractivity contribution in [3.63, 3.8) is 0 Å². The van der Waals surface area contributed by atoms with Crippen molar-refractivity contribution < 1.29 is 8.42 Å². The van der Waals surface area contributed by atoms with E-state index in [4.69, 9.17) is 0 Å². The van der Waals surface area contributed by atoms with Crippen LogP contribution in [0.25, 0.3) is 4.96 Å². The Kier molecular flexibility index (Phi) is 4.08. The van der Waals surface area contributed by atoms with Gasteiger partial charge in [-0.2, -0.15) is 11.8 Å². The summed E-state index contributed by atoms with van der Waals surface area (Å²) in [5.41, 5.74) is 0.598. The molecule has 0 bridgehead atoms. The summed E-state index contributed by atoms with van der Waals surface area (Å²) in [7, 11) is -2.92. The highest BCUT2D eigenvalue weighted by Gasteiger charge is 2.05. The zero-order valence-corrected chi connectivity index (χ0v) is 12.1. The first-order valence-electron chi connectivity index (χ1n) is 5.17. The van der Waals surface area contributed by atoms with Gasteiger partial charge in [0.15, 0.2) is 4.96 Å². The number of fused-ring (bicyclic) bond motifs is 1. The third-order valence-corrected chi connectivity index (χ3v) is 5.16. The van der Waals surface area contributed by atoms with Crippen LogP contribution >= 0.6 is 23.1 Å². The van der Waals surface area contributed by atoms with Gasteiger partial charge in [0, 0.05) is 35.4 Å². The smallest absolute Gasteiger partial charge is 0.258 e. The summed E-state index contributed by atoms with van der Waals surface area (Å²) in [6.45, 7) is 0. The Balaban J connectivity index is 2.02. The molecule has 8 heteroatoms. The largest absolute Gasteiger partial charge is 0.269 e. The Bertz CT molecular complexity index is 702. The standard InChI is InChI=1S/C10H12N2O3S3/c1-18(14,15)5-4-16-7-8-6-9(13)12-2-3-17-10(12)11-8/h2-3,6H,4-5,7H2,1H3. The van der Waals surface area contributed by atoms with Crippen molar-refractivity contribution in [1.82, 2.24) is 9.38 Å². The number of rotatable bonds is 5. The molecule has 0 saturated carbocycles. The third-order valence-electron chi connectivity index (χ3n) is 2.20. The molecule has 5 nitrogen and oxygen atoms in total. The fourth-order valence-electron chi connectivity index (χ4n) is 1.35. The Morgan fingerprint density at radius 3 is 3.00 bits per heavy atom. The molecule has 0 aromatic carbocycles. The van der Waals surface area contributed by atoms with Crippen molar-refractivity contribution in [3.8, 4) is 0 Å². The molecule has 0 aliphatic carbocycles. The van der Waals surface area contributed by atoms with Crippen LogP contribution in [-0.2, 0) is 15.6 Å². The van der Waals surface area contributed by atoms with Gasteiger partial charge in [0.1, 0.15) is 9.84 Å². The van der Waals surface area contributed by atoms with Crippen LogP contribution in [-0.4, -0.2) is 35.6 Å². The summed E-state index contributed by atoms with van der Waals surface area (Å²) in [6, 6.07) is 1.49. The summed E-state index contributed by atoms with van der Waals surface area (Å²) in [6.07, 6.45) is 2.91. The molecule has 2 heterocycles. The van der Waals surface area contributed by atoms with Gasteiger partial charge in [-0.25, -0.2) is 13.4 Å². The maximum atomic E-state index is 11.7. The maximum Gasteiger partial charge on any atom is 0.258 e. The van der Waals surface area contributed by atoms with Gasteiger partial charge in [-0.15, -0.1) is 11.3 Å². The Morgan fingerprint density at radius 2 is 2.28 bits per heavy atom. The maximum absolute atomic E-state index is 11.7. The van der Waals surface area contributed by atoms with E-state index in [1.54, 1.807) is 6.20 Å². The number of hydrogen-bond donors (Lipinski definition) is 0. The molecular weight excluding hydrogens is 292 g/mol. The minimum atomic E-state index is -2.92. The minimum Gasteiger partial charge on any atom is -0.269 e. The number of aromatic nitrogens is 2. The normalized spacial score (nSPS) is 12.1. The summed E-state index contributed by atoms with van der Waals surface area (Å²) in [5.74, 6) is 1.22. The van der Waals surface area contributed by atoms with Gasteiger partial charge in [0.25, 0.3) is 5.56 Å². The fraction of sp³-hybridized carbons (Fsp3) is 0.400. The molecule has 0 aliphatic heterocycles. The zero-order chi connectivity index (χ0) is 13.2. The van der Waals surface area contributed by atoms with Crippen LogP contribution < -0.4 is 5.56 Å². The highest BCUT2D eigenvalue weighted by Crippen LogP contribution is 2.12. The van der Waals surface area contributed by atoms with E-state index < -0.39 is 9.84 Å². The lowest BCUT2D eigenvalue weighted by molar-refractivity contribution is 0.603. The van der Waals surface area contributed by atoms with Crippen LogP contribution in [0.2, 0.25) is 0 Å². The molecule has 0 spiro atoms. The lowest BCUT2D eigenvalue weighted by Crippen LogP contribution is -2.12. The van der Waals surface area contributed by atoms with Gasteiger partial charge in [0.2, 0.25) is 0 Å². The summed E-state index contributed by atoms with van der Waals surface area (Å²) in [4.78, 5) is 16.7. The number of hydrogen-bond acceptors (Lipinski definition) is 6. The second-order valence-corrected chi connectivity index (χ2v) is 8.06. The van der Waals surface area contributed by atoms with Crippen LogP contribution in [0.1, 0.15) is 5.69 Å². The molecule has 2 aromatic heterocycles. The van der Waals surface area contributed by atoms with E-state index in [2.05, 4.69) is 4.98 Å². The molecule has 0 aliphatic rings. The van der Waals surface area contributed by atoms with Crippen molar-refractivity contribution in [2.24, 2.45) is 0 Å². The molecule has 0 N–H and O–H groups in total. The van der Waals surface area contributed by atoms with Gasteiger partial charge >= 0.3 is 0 Å². The topological polar surface area (TPSA) is 68.5 Å². The summed E-state index contributed by atoms with van der Waals surface area (Å²) < 4.78 is 23.4. The highest BCUT2D eigenvalue weighted by molar-refractivity contribution is 7.99. The van der Waals surface area contributed by atoms with E-state index in [0.29, 0.717) is 22.2 Å². The Morgan fingerprint density at radius 1 is 1.50 bits per heavy atom. The van der Waals surface area contributed by atoms with E-state index >= 15 is 0 Å². The summed E-state index contributed by atoms with van der Waals surface area (Å²) >= 11 is 2.87. The average molecular weight is 304 g/mol. The lowest BCUT2D eigenvalue weighted by atomic mass is 10.4. The third kappa shape index (κ3) is 3.56. The first-order chi connectivity index (χ1) is 8.46. The SMILES string of the molecule is CS(=O)(=O)CCSCc1cc(=O)n2ccsc2n1. The zero-order valence-electron chi connectivity index (χ0n) is 9.70. The van der Waals surface area contributed by atoms with Crippen molar-refractivity contribution in [3.05, 3.63) is 33.7 Å². The van der Waals surface area contributed by atoms with Gasteiger partial charge in [-0.1, -0.05) is 0 Å². The summed E-state index contributed by atoms with van der Waals surface area (Å²) in [5, 5.41) is 1.81. The van der Waals surface area contributed by atoms with E-state index in [0.717, 1.165) is 0 Å². The van der Waals surface area contributed by atoms with Crippen molar-refractivity contribution in [2.75, 3.05) is 17.8 Å². The molecule has 2 rings (SSSR count). The molecule has 98 valence electrons. The van der Waals surface area contributed by atoms with Gasteiger partial charge < -0.3 is 0 Å². The number of sulfone groups is 1. The van der Waals surface area contributed by atoms with E-state index in [9.17, 15) is 13.2 Å². The quantitative estimate of drug-likeness (QED) is 0.772. The first kappa shape index (κ1) is 13.6. The second kappa shape index (κ2) is 5.41. The fourth-order valence-corrected chi connectivity index (χ4v) is 4.27. The number of thioether (sulfide) groups is 1. The average Bonchev–Trinajstić information content (AvgIpc) is 2.71. The van der Waals surface area contributed by atoms with Crippen molar-refractivity contribution in [2.45, 2.75) is 5.75 Å². The number of thiazole rings is 1. The van der Waals surface area contributed by atoms with Crippen molar-refractivity contribution in [1.29, 1.82) is 0 Å². The molecule has 2 aromatic rings. The molecule has 0 amide bonds. The molecule has 0 atom stereocenters. The highest BCUT2D eigenvalue weighted by atomic mass is 32.2. The molecule has 0 fully saturated rings. The van der Waals surface area contributed by atoms with Crippen LogP contribution in [0, 0.1) is 0 Å². The molecule has 18 heavy (non-hydrogen) atoms. The molecule has 0 unspecified atom stereocenters. The second-order valence-electron chi connectivity index (χ2n) is 3.82. The van der Waals surface area contributed by atoms with Gasteiger partial charge in [0.05, 0.1) is 11.4 Å². The van der Waals surface area contributed by atoms with Crippen LogP contribution in [0.3, 0.4) is 0 Å². The molecule has 0 radical (unpaired) electrons. The van der Waals surface area contributed by atoms with Crippen molar-refractivity contribution >= 4 is 37.9 Å². The first-order valence-corrected chi connectivity index (χ1v) is 9.26. The van der Waals surface area contributed by atoms with Crippen LogP contribution in [0.15, 0.2) is 22.4 Å². The molecular formula is C10H12N2O3S3. The monoisotopic (exact) mass is 304 g/mol. The molecule has 0 saturated heterocycles.